The first kappa shape index (κ1) is 42.5. The topological polar surface area (TPSA) is 198 Å². The van der Waals surface area contributed by atoms with Crippen molar-refractivity contribution < 1.29 is 28.9 Å². The second-order valence-corrected chi connectivity index (χ2v) is 29.2. The van der Waals surface area contributed by atoms with Crippen LogP contribution in [0.3, 0.4) is 0 Å². The van der Waals surface area contributed by atoms with Crippen molar-refractivity contribution in [3.05, 3.63) is 92.4 Å². The number of thioether (sulfide) groups is 1. The van der Waals surface area contributed by atoms with Gasteiger partial charge in [0.05, 0.1) is 9.85 Å². The van der Waals surface area contributed by atoms with E-state index in [9.17, 15) is 29.8 Å². The molecule has 0 radical (unpaired) electrons. The number of aromatic nitrogens is 2. The molecule has 0 saturated carbocycles. The number of thiazole rings is 1. The van der Waals surface area contributed by atoms with Crippen LogP contribution in [0.2, 0.25) is 13.3 Å². The van der Waals surface area contributed by atoms with Crippen molar-refractivity contribution in [2.24, 2.45) is 10.7 Å². The number of hydrogen-bond donors (Lipinski definition) is 1. The van der Waals surface area contributed by atoms with Gasteiger partial charge in [-0.05, 0) is 29.8 Å². The predicted molar refractivity (Wildman–Crippen MR) is 213 cm³/mol. The van der Waals surface area contributed by atoms with E-state index in [4.69, 9.17) is 15.2 Å². The second-order valence-electron chi connectivity index (χ2n) is 12.9. The van der Waals surface area contributed by atoms with E-state index in [1.807, 2.05) is 17.7 Å². The summed E-state index contributed by atoms with van der Waals surface area (Å²) in [5.41, 5.74) is 6.98. The van der Waals surface area contributed by atoms with Crippen molar-refractivity contribution in [3.63, 3.8) is 0 Å². The molecule has 4 rings (SSSR count). The minimum absolute atomic E-state index is 0.0125. The molecule has 0 aliphatic carbocycles. The number of nitro groups is 2. The number of unbranched alkanes of at least 4 members (excludes halogenated alkanes) is 3. The van der Waals surface area contributed by atoms with Gasteiger partial charge in [0.25, 0.3) is 11.4 Å². The molecular weight excluding hydrogens is 841 g/mol. The number of guanidine groups is 1. The first-order chi connectivity index (χ1) is 26.0. The molecule has 54 heavy (non-hydrogen) atoms. The number of benzene rings is 2. The summed E-state index contributed by atoms with van der Waals surface area (Å²) in [5, 5.41) is 22.8. The van der Waals surface area contributed by atoms with Crippen LogP contribution in [0.25, 0.3) is 4.83 Å². The number of aliphatic imine (C=N–C) groups is 1. The molecule has 2 N–H and O–H groups in total. The summed E-state index contributed by atoms with van der Waals surface area (Å²) in [7, 11) is 0. The number of carbonyl (C=O) groups excluding carboxylic acids is 2. The molecule has 2 aromatic heterocycles. The molecule has 0 unspecified atom stereocenters. The summed E-state index contributed by atoms with van der Waals surface area (Å²) in [6.45, 7) is 6.38. The van der Waals surface area contributed by atoms with Gasteiger partial charge in [-0.1, -0.05) is 0 Å². The van der Waals surface area contributed by atoms with Crippen LogP contribution < -0.4 is 8.63 Å². The zero-order valence-electron chi connectivity index (χ0n) is 30.8. The number of non-ortho nitro benzene ring substituents is 2. The van der Waals surface area contributed by atoms with Crippen molar-refractivity contribution in [1.82, 2.24) is 14.3 Å². The maximum atomic E-state index is 13.4. The van der Waals surface area contributed by atoms with Crippen LogP contribution in [0.1, 0.15) is 70.4 Å². The fourth-order valence-corrected chi connectivity index (χ4v) is 27.0. The van der Waals surface area contributed by atoms with E-state index < -0.39 is 46.4 Å². The summed E-state index contributed by atoms with van der Waals surface area (Å²) in [6.07, 6.45) is 9.59. The number of hydrogen-bond acceptors (Lipinski definition) is 11. The molecule has 0 atom stereocenters. The quantitative estimate of drug-likeness (QED) is 0.0223. The van der Waals surface area contributed by atoms with Gasteiger partial charge in [-0.25, -0.2) is 0 Å². The van der Waals surface area contributed by atoms with Crippen LogP contribution in [0.4, 0.5) is 21.0 Å². The number of imidazole rings is 1. The molecule has 18 heteroatoms. The fraction of sp³-hybridized carbons (Fsp3) is 0.444. The molecule has 2 aromatic carbocycles. The maximum absolute atomic E-state index is 13.4. The van der Waals surface area contributed by atoms with Crippen LogP contribution >= 0.6 is 23.1 Å². The molecule has 0 bridgehead atoms. The van der Waals surface area contributed by atoms with Gasteiger partial charge in [-0.3, -0.25) is 20.2 Å². The number of nitrogens with two attached hydrogens (primary N) is 1. The zero-order chi connectivity index (χ0) is 39.1. The SMILES string of the molecule is CCC[CH2][Sn]([CH2]CCC)([CH2]CCC)[c]1cn2cnc(SCCN(C(=O)OCc3ccc([N+](=O)[O-])cc3)C(N)=NC(=O)OCc3ccc([N+](=O)[O-])cc3)c2s1. The number of fused-ring (bicyclic) bond motifs is 1. The molecule has 0 aliphatic rings. The van der Waals surface area contributed by atoms with E-state index in [-0.39, 0.29) is 31.1 Å². The average molecular weight is 889 g/mol. The number of nitro benzene ring substituents is 2. The third-order valence-corrected chi connectivity index (χ3v) is 29.4. The molecule has 0 saturated heterocycles. The molecule has 290 valence electrons. The third kappa shape index (κ3) is 11.9. The third-order valence-electron chi connectivity index (χ3n) is 9.00. The number of ether oxygens (including phenoxy) is 2. The van der Waals surface area contributed by atoms with Crippen LogP contribution in [-0.4, -0.2) is 73.0 Å². The van der Waals surface area contributed by atoms with Gasteiger partial charge >= 0.3 is 226 Å². The molecule has 4 aromatic rings. The average Bonchev–Trinajstić information content (AvgIpc) is 3.77. The van der Waals surface area contributed by atoms with Crippen molar-refractivity contribution in [2.75, 3.05) is 12.3 Å². The van der Waals surface area contributed by atoms with Crippen LogP contribution in [0.5, 0.6) is 0 Å². The molecule has 0 spiro atoms. The Labute approximate surface area is 326 Å². The standard InChI is InChI=1S/C24H20N7O8S2.3C4H9.Sn/c25-22(27-23(32)38-13-16-1-5-18(6-2-16)30(34)35)29(10-12-40-20-21-28(15-26-20)9-11-41-21)24(33)39-14-17-3-7-19(8-4-17)31(36)37;3*1-3-4-2;/h1-9,15H,10,12-14H2,(H2,25,27,32);3*1,3-4H2,2H3;. The number of amides is 2. The first-order valence-corrected chi connectivity index (χ1v) is 27.3. The van der Waals surface area contributed by atoms with E-state index in [1.54, 1.807) is 2.89 Å². The van der Waals surface area contributed by atoms with Gasteiger partial charge in [0.1, 0.15) is 6.61 Å². The van der Waals surface area contributed by atoms with E-state index in [2.05, 4.69) is 41.3 Å². The number of rotatable bonds is 20. The molecule has 2 amide bonds. The van der Waals surface area contributed by atoms with Crippen molar-refractivity contribution in [3.8, 4) is 0 Å². The Hall–Kier alpha value is -4.23. The predicted octanol–water partition coefficient (Wildman–Crippen LogP) is 8.65. The number of nitrogens with zero attached hydrogens (tertiary/aromatic N) is 6. The van der Waals surface area contributed by atoms with E-state index in [0.29, 0.717) is 16.9 Å². The van der Waals surface area contributed by atoms with Crippen LogP contribution in [0.15, 0.2) is 71.1 Å². The summed E-state index contributed by atoms with van der Waals surface area (Å²) in [4.78, 5) is 57.4. The Kier molecular flexibility index (Phi) is 16.5. The second kappa shape index (κ2) is 21.0. The molecule has 2 heterocycles. The first-order valence-electron chi connectivity index (χ1n) is 18.0. The van der Waals surface area contributed by atoms with Crippen molar-refractivity contribution in [1.29, 1.82) is 0 Å². The van der Waals surface area contributed by atoms with E-state index in [0.717, 1.165) is 14.8 Å². The van der Waals surface area contributed by atoms with Crippen molar-refractivity contribution >= 4 is 78.7 Å². The Morgan fingerprint density at radius 1 is 0.889 bits per heavy atom. The van der Waals surface area contributed by atoms with Crippen LogP contribution in [-0.2, 0) is 22.7 Å². The van der Waals surface area contributed by atoms with E-state index >= 15 is 0 Å². The van der Waals surface area contributed by atoms with Crippen LogP contribution in [0, 0.1) is 20.2 Å². The van der Waals surface area contributed by atoms with Gasteiger partial charge in [0.15, 0.2) is 0 Å². The Morgan fingerprint density at radius 3 is 1.91 bits per heavy atom. The molecule has 0 aliphatic heterocycles. The Bertz CT molecular complexity index is 1880. The van der Waals surface area contributed by atoms with Gasteiger partial charge in [0, 0.05) is 24.3 Å². The summed E-state index contributed by atoms with van der Waals surface area (Å²) in [6, 6.07) is 11.0. The molecular formula is C36H47N7O8S2Sn. The zero-order valence-corrected chi connectivity index (χ0v) is 35.3. The van der Waals surface area contributed by atoms with Crippen molar-refractivity contribution in [2.45, 2.75) is 90.8 Å². The molecule has 0 fully saturated rings. The van der Waals surface area contributed by atoms with Gasteiger partial charge in [-0.15, -0.1) is 0 Å². The van der Waals surface area contributed by atoms with Gasteiger partial charge < -0.3 is 0 Å². The fourth-order valence-electron chi connectivity index (χ4n) is 5.93. The Balaban J connectivity index is 1.50. The van der Waals surface area contributed by atoms with Gasteiger partial charge in [0.2, 0.25) is 0 Å². The summed E-state index contributed by atoms with van der Waals surface area (Å²) < 4.78 is 18.4. The minimum atomic E-state index is -2.67. The van der Waals surface area contributed by atoms with E-state index in [1.165, 1.54) is 112 Å². The monoisotopic (exact) mass is 889 g/mol. The van der Waals surface area contributed by atoms with Gasteiger partial charge in [-0.2, -0.15) is 0 Å². The normalized spacial score (nSPS) is 11.8. The number of carbonyl (C=O) groups is 2. The summed E-state index contributed by atoms with van der Waals surface area (Å²) in [5.74, 6) is -0.107. The Morgan fingerprint density at radius 2 is 1.41 bits per heavy atom. The molecule has 15 nitrogen and oxygen atoms in total. The summed E-state index contributed by atoms with van der Waals surface area (Å²) >= 11 is 0.653.